The van der Waals surface area contributed by atoms with E-state index < -0.39 is 11.6 Å². The fraction of sp³-hybridized carbons (Fsp3) is 0.923. The number of hydrogen-bond donors (Lipinski definition) is 3. The summed E-state index contributed by atoms with van der Waals surface area (Å²) in [6.07, 6.45) is 0.651. The van der Waals surface area contributed by atoms with Crippen LogP contribution in [0, 0.1) is 11.3 Å². The van der Waals surface area contributed by atoms with Crippen LogP contribution in [-0.4, -0.2) is 29.2 Å². The lowest BCUT2D eigenvalue weighted by molar-refractivity contribution is -0.125. The second-order valence-electron chi connectivity index (χ2n) is 6.66. The summed E-state index contributed by atoms with van der Waals surface area (Å²) < 4.78 is 0. The summed E-state index contributed by atoms with van der Waals surface area (Å²) >= 11 is 0. The quantitative estimate of drug-likeness (QED) is 0.682. The smallest absolute Gasteiger partial charge is 0.237 e. The molecule has 1 unspecified atom stereocenters. The van der Waals surface area contributed by atoms with Crippen molar-refractivity contribution in [2.75, 3.05) is 6.54 Å². The molecule has 0 heterocycles. The average Bonchev–Trinajstić information content (AvgIpc) is 2.09. The Labute approximate surface area is 105 Å². The van der Waals surface area contributed by atoms with Crippen LogP contribution >= 0.6 is 0 Å². The lowest BCUT2D eigenvalue weighted by atomic mass is 9.86. The second kappa shape index (κ2) is 5.83. The molecule has 0 saturated carbocycles. The first kappa shape index (κ1) is 16.4. The van der Waals surface area contributed by atoms with Crippen molar-refractivity contribution in [1.82, 2.24) is 5.32 Å². The van der Waals surface area contributed by atoms with Gasteiger partial charge in [0.25, 0.3) is 0 Å². The van der Waals surface area contributed by atoms with Crippen LogP contribution < -0.4 is 11.1 Å². The number of amides is 1. The summed E-state index contributed by atoms with van der Waals surface area (Å²) in [7, 11) is 0. The monoisotopic (exact) mass is 244 g/mol. The molecule has 0 radical (unpaired) electrons. The number of nitrogens with two attached hydrogens (primary N) is 1. The van der Waals surface area contributed by atoms with Gasteiger partial charge in [0.05, 0.1) is 11.6 Å². The Bertz CT molecular complexity index is 255. The predicted octanol–water partition coefficient (Wildman–Crippen LogP) is 1.27. The van der Waals surface area contributed by atoms with Gasteiger partial charge in [0.15, 0.2) is 0 Å². The summed E-state index contributed by atoms with van der Waals surface area (Å²) in [6, 6.07) is -0.558. The lowest BCUT2D eigenvalue weighted by Crippen LogP contribution is -2.52. The molecule has 0 aliphatic rings. The molecule has 0 bridgehead atoms. The summed E-state index contributed by atoms with van der Waals surface area (Å²) in [4.78, 5) is 11.8. The maximum Gasteiger partial charge on any atom is 0.237 e. The summed E-state index contributed by atoms with van der Waals surface area (Å²) in [6.45, 7) is 11.8. The van der Waals surface area contributed by atoms with Crippen LogP contribution in [-0.2, 0) is 4.79 Å². The predicted molar refractivity (Wildman–Crippen MR) is 70.5 cm³/mol. The van der Waals surface area contributed by atoms with E-state index >= 15 is 0 Å². The van der Waals surface area contributed by atoms with Gasteiger partial charge in [0.2, 0.25) is 5.91 Å². The van der Waals surface area contributed by atoms with Crippen LogP contribution in [0.4, 0.5) is 0 Å². The molecule has 102 valence electrons. The van der Waals surface area contributed by atoms with Crippen molar-refractivity contribution >= 4 is 5.91 Å². The Morgan fingerprint density at radius 1 is 1.29 bits per heavy atom. The van der Waals surface area contributed by atoms with Gasteiger partial charge in [0.1, 0.15) is 0 Å². The first-order valence-corrected chi connectivity index (χ1v) is 6.21. The van der Waals surface area contributed by atoms with E-state index in [4.69, 9.17) is 5.73 Å². The van der Waals surface area contributed by atoms with E-state index in [1.54, 1.807) is 6.92 Å². The molecule has 17 heavy (non-hydrogen) atoms. The highest BCUT2D eigenvalue weighted by atomic mass is 16.3. The van der Waals surface area contributed by atoms with Gasteiger partial charge in [-0.3, -0.25) is 4.79 Å². The maximum atomic E-state index is 11.8. The van der Waals surface area contributed by atoms with Crippen molar-refractivity contribution in [3.8, 4) is 0 Å². The molecule has 0 aromatic heterocycles. The first-order chi connectivity index (χ1) is 7.46. The van der Waals surface area contributed by atoms with Crippen molar-refractivity contribution in [2.24, 2.45) is 17.1 Å². The fourth-order valence-corrected chi connectivity index (χ4v) is 1.73. The number of rotatable bonds is 5. The number of aliphatic hydroxyl groups is 1. The molecule has 0 rings (SSSR count). The average molecular weight is 244 g/mol. The third-order valence-electron chi connectivity index (χ3n) is 2.71. The van der Waals surface area contributed by atoms with Crippen molar-refractivity contribution in [2.45, 2.75) is 59.6 Å². The molecule has 2 atom stereocenters. The molecule has 0 aromatic rings. The largest absolute Gasteiger partial charge is 0.388 e. The maximum absolute atomic E-state index is 11.8. The van der Waals surface area contributed by atoms with Gasteiger partial charge in [-0.15, -0.1) is 0 Å². The second-order valence-corrected chi connectivity index (χ2v) is 6.66. The van der Waals surface area contributed by atoms with Crippen molar-refractivity contribution in [3.63, 3.8) is 0 Å². The van der Waals surface area contributed by atoms with E-state index in [2.05, 4.69) is 5.32 Å². The number of hydrogen-bond acceptors (Lipinski definition) is 3. The van der Waals surface area contributed by atoms with E-state index in [0.717, 1.165) is 0 Å². The molecule has 4 heteroatoms. The van der Waals surface area contributed by atoms with Gasteiger partial charge in [0, 0.05) is 6.54 Å². The standard InChI is InChI=1S/C13H28N2O2/c1-9(2)7-13(6,17)8-15-11(16)10(14)12(3,4)5/h9-10,17H,7-8,14H2,1-6H3,(H,15,16)/t10-,13?/m0/s1. The topological polar surface area (TPSA) is 75.3 Å². The van der Waals surface area contributed by atoms with Crippen molar-refractivity contribution in [1.29, 1.82) is 0 Å². The van der Waals surface area contributed by atoms with E-state index in [0.29, 0.717) is 12.3 Å². The zero-order valence-electron chi connectivity index (χ0n) is 12.0. The van der Waals surface area contributed by atoms with E-state index in [1.165, 1.54) is 0 Å². The highest BCUT2D eigenvalue weighted by molar-refractivity contribution is 5.82. The third-order valence-corrected chi connectivity index (χ3v) is 2.71. The normalized spacial score (nSPS) is 17.7. The van der Waals surface area contributed by atoms with Gasteiger partial charge in [-0.05, 0) is 24.7 Å². The van der Waals surface area contributed by atoms with Crippen molar-refractivity contribution < 1.29 is 9.90 Å². The molecule has 0 fully saturated rings. The van der Waals surface area contributed by atoms with Crippen LogP contribution in [0.15, 0.2) is 0 Å². The van der Waals surface area contributed by atoms with Crippen LogP contribution in [0.3, 0.4) is 0 Å². The van der Waals surface area contributed by atoms with E-state index in [-0.39, 0.29) is 17.9 Å². The molecule has 0 aliphatic carbocycles. The molecule has 0 aromatic carbocycles. The van der Waals surface area contributed by atoms with E-state index in [1.807, 2.05) is 34.6 Å². The Morgan fingerprint density at radius 3 is 2.12 bits per heavy atom. The minimum absolute atomic E-state index is 0.207. The van der Waals surface area contributed by atoms with Crippen LogP contribution in [0.1, 0.15) is 48.0 Å². The SMILES string of the molecule is CC(C)CC(C)(O)CNC(=O)[C@H](N)C(C)(C)C. The molecule has 1 amide bonds. The molecule has 0 spiro atoms. The summed E-state index contributed by atoms with van der Waals surface area (Å²) in [5, 5.41) is 12.8. The number of carbonyl (C=O) groups excluding carboxylic acids is 1. The Balaban J connectivity index is 4.25. The van der Waals surface area contributed by atoms with E-state index in [9.17, 15) is 9.90 Å². The molecule has 0 saturated heterocycles. The zero-order chi connectivity index (χ0) is 13.9. The highest BCUT2D eigenvalue weighted by Crippen LogP contribution is 2.18. The van der Waals surface area contributed by atoms with Crippen LogP contribution in [0.2, 0.25) is 0 Å². The van der Waals surface area contributed by atoms with Gasteiger partial charge in [-0.2, -0.15) is 0 Å². The lowest BCUT2D eigenvalue weighted by Gasteiger charge is -2.29. The summed E-state index contributed by atoms with van der Waals surface area (Å²) in [5.74, 6) is 0.180. The Hall–Kier alpha value is -0.610. The molecule has 0 aliphatic heterocycles. The first-order valence-electron chi connectivity index (χ1n) is 6.21. The Morgan fingerprint density at radius 2 is 1.76 bits per heavy atom. The zero-order valence-corrected chi connectivity index (χ0v) is 12.0. The van der Waals surface area contributed by atoms with Gasteiger partial charge < -0.3 is 16.2 Å². The van der Waals surface area contributed by atoms with Gasteiger partial charge >= 0.3 is 0 Å². The van der Waals surface area contributed by atoms with Gasteiger partial charge in [-0.25, -0.2) is 0 Å². The summed E-state index contributed by atoms with van der Waals surface area (Å²) in [5.41, 5.74) is 4.69. The van der Waals surface area contributed by atoms with Crippen molar-refractivity contribution in [3.05, 3.63) is 0 Å². The third kappa shape index (κ3) is 6.64. The van der Waals surface area contributed by atoms with Gasteiger partial charge in [-0.1, -0.05) is 34.6 Å². The fourth-order valence-electron chi connectivity index (χ4n) is 1.73. The van der Waals surface area contributed by atoms with Crippen LogP contribution in [0.25, 0.3) is 0 Å². The minimum Gasteiger partial charge on any atom is -0.388 e. The minimum atomic E-state index is -0.874. The molecule has 4 N–H and O–H groups in total. The molecule has 4 nitrogen and oxygen atoms in total. The number of carbonyl (C=O) groups is 1. The molecular weight excluding hydrogens is 216 g/mol. The number of nitrogens with one attached hydrogen (secondary N) is 1. The Kier molecular flexibility index (Phi) is 5.62. The highest BCUT2D eigenvalue weighted by Gasteiger charge is 2.29. The van der Waals surface area contributed by atoms with Crippen LogP contribution in [0.5, 0.6) is 0 Å². The molecular formula is C13H28N2O2.